The van der Waals surface area contributed by atoms with E-state index in [1.54, 1.807) is 18.2 Å². The fraction of sp³-hybridized carbons (Fsp3) is 0.368. The second-order valence-electron chi connectivity index (χ2n) is 7.51. The van der Waals surface area contributed by atoms with E-state index < -0.39 is 14.9 Å². The quantitative estimate of drug-likeness (QED) is 0.458. The Kier molecular flexibility index (Phi) is 4.44. The van der Waals surface area contributed by atoms with Crippen LogP contribution in [0.3, 0.4) is 0 Å². The van der Waals surface area contributed by atoms with Crippen LogP contribution in [0.5, 0.6) is 0 Å². The number of benzene rings is 1. The smallest absolute Gasteiger partial charge is 0.358 e. The van der Waals surface area contributed by atoms with Crippen molar-refractivity contribution in [2.24, 2.45) is 0 Å². The first-order chi connectivity index (χ1) is 14.4. The Balaban J connectivity index is 1.34. The van der Waals surface area contributed by atoms with E-state index in [4.69, 9.17) is 0 Å². The fourth-order valence-corrected chi connectivity index (χ4v) is 5.63. The van der Waals surface area contributed by atoms with Gasteiger partial charge in [-0.25, -0.2) is 13.4 Å². The topological polar surface area (TPSA) is 114 Å². The first kappa shape index (κ1) is 18.9. The largest absolute Gasteiger partial charge is 0.368 e. The van der Waals surface area contributed by atoms with Crippen LogP contribution in [0.25, 0.3) is 5.65 Å². The Labute approximate surface area is 172 Å². The van der Waals surface area contributed by atoms with E-state index in [9.17, 15) is 18.5 Å². The molecule has 0 N–H and O–H groups in total. The number of rotatable bonds is 4. The average Bonchev–Trinajstić information content (AvgIpc) is 3.39. The van der Waals surface area contributed by atoms with E-state index in [0.29, 0.717) is 42.5 Å². The summed E-state index contributed by atoms with van der Waals surface area (Å²) in [5.41, 5.74) is 2.77. The summed E-state index contributed by atoms with van der Waals surface area (Å²) < 4.78 is 28.9. The lowest BCUT2D eigenvalue weighted by Gasteiger charge is -2.34. The molecule has 0 radical (unpaired) electrons. The molecule has 1 aliphatic carbocycles. The first-order valence-corrected chi connectivity index (χ1v) is 11.2. The minimum Gasteiger partial charge on any atom is -0.358 e. The van der Waals surface area contributed by atoms with Crippen LogP contribution >= 0.6 is 0 Å². The number of hydrogen-bond acceptors (Lipinski definition) is 7. The molecule has 1 aromatic carbocycles. The van der Waals surface area contributed by atoms with Gasteiger partial charge in [-0.3, -0.25) is 0 Å². The van der Waals surface area contributed by atoms with Gasteiger partial charge in [0.15, 0.2) is 5.82 Å². The Morgan fingerprint density at radius 1 is 1.00 bits per heavy atom. The highest BCUT2D eigenvalue weighted by Gasteiger charge is 2.30. The first-order valence-electron chi connectivity index (χ1n) is 9.79. The number of nitrogens with zero attached hydrogens (tertiary/aromatic N) is 6. The summed E-state index contributed by atoms with van der Waals surface area (Å²) in [6, 6.07) is 8.87. The molecule has 0 unspecified atom stereocenters. The van der Waals surface area contributed by atoms with E-state index in [1.165, 1.54) is 20.6 Å². The van der Waals surface area contributed by atoms with Gasteiger partial charge < -0.3 is 15.0 Å². The molecule has 0 amide bonds. The predicted octanol–water partition coefficient (Wildman–Crippen LogP) is 1.64. The third-order valence-electron chi connectivity index (χ3n) is 5.79. The molecule has 156 valence electrons. The molecule has 11 heteroatoms. The van der Waals surface area contributed by atoms with Gasteiger partial charge in [-0.05, 0) is 53.5 Å². The van der Waals surface area contributed by atoms with E-state index in [0.717, 1.165) is 24.8 Å². The lowest BCUT2D eigenvalue weighted by Crippen LogP contribution is -2.49. The summed E-state index contributed by atoms with van der Waals surface area (Å²) in [6.45, 7) is 1.55. The number of anilines is 1. The van der Waals surface area contributed by atoms with E-state index >= 15 is 0 Å². The second kappa shape index (κ2) is 7.03. The molecule has 3 heterocycles. The molecule has 5 rings (SSSR count). The minimum absolute atomic E-state index is 0.204. The Morgan fingerprint density at radius 2 is 1.77 bits per heavy atom. The standard InChI is InChI=1S/C19H20N6O4S/c26-25(27)19-13-20-17-6-7-18(21-24(17)19)22-8-10-23(11-9-22)30(28,29)16-5-4-14-2-1-3-15(14)12-16/h4-7,12-13H,1-3,8-11H2. The number of aromatic nitrogens is 3. The molecule has 0 bridgehead atoms. The highest BCUT2D eigenvalue weighted by molar-refractivity contribution is 7.89. The molecule has 10 nitrogen and oxygen atoms in total. The third kappa shape index (κ3) is 3.10. The maximum atomic E-state index is 13.1. The van der Waals surface area contributed by atoms with Gasteiger partial charge in [0.25, 0.3) is 0 Å². The summed E-state index contributed by atoms with van der Waals surface area (Å²) in [5.74, 6) is 0.350. The van der Waals surface area contributed by atoms with Gasteiger partial charge in [0.05, 0.1) is 4.90 Å². The van der Waals surface area contributed by atoms with Crippen LogP contribution in [0, 0.1) is 10.1 Å². The summed E-state index contributed by atoms with van der Waals surface area (Å²) in [5, 5.41) is 15.5. The molecular weight excluding hydrogens is 408 g/mol. The van der Waals surface area contributed by atoms with Gasteiger partial charge in [0.1, 0.15) is 6.20 Å². The van der Waals surface area contributed by atoms with Gasteiger partial charge in [-0.1, -0.05) is 15.7 Å². The van der Waals surface area contributed by atoms with Crippen LogP contribution in [0.4, 0.5) is 11.6 Å². The van der Waals surface area contributed by atoms with Gasteiger partial charge >= 0.3 is 5.82 Å². The summed E-state index contributed by atoms with van der Waals surface area (Å²) in [4.78, 5) is 16.9. The summed E-state index contributed by atoms with van der Waals surface area (Å²) in [7, 11) is -3.55. The van der Waals surface area contributed by atoms with Crippen LogP contribution in [-0.4, -0.2) is 58.4 Å². The molecule has 0 saturated carbocycles. The Hall–Kier alpha value is -3.05. The number of imidazole rings is 1. The number of piperazine rings is 1. The predicted molar refractivity (Wildman–Crippen MR) is 109 cm³/mol. The van der Waals surface area contributed by atoms with Gasteiger partial charge in [0.2, 0.25) is 15.7 Å². The number of nitro groups is 1. The molecular formula is C19H20N6O4S. The van der Waals surface area contributed by atoms with Crippen molar-refractivity contribution in [2.75, 3.05) is 31.1 Å². The zero-order chi connectivity index (χ0) is 20.9. The molecule has 1 saturated heterocycles. The minimum atomic E-state index is -3.55. The molecule has 2 aromatic heterocycles. The van der Waals surface area contributed by atoms with Crippen molar-refractivity contribution < 1.29 is 13.3 Å². The number of sulfonamides is 1. The number of fused-ring (bicyclic) bond motifs is 2. The maximum absolute atomic E-state index is 13.1. The van der Waals surface area contributed by atoms with E-state index in [-0.39, 0.29) is 5.82 Å². The highest BCUT2D eigenvalue weighted by Crippen LogP contribution is 2.27. The van der Waals surface area contributed by atoms with Gasteiger partial charge in [-0.2, -0.15) is 4.31 Å². The zero-order valence-electron chi connectivity index (χ0n) is 16.1. The molecule has 1 fully saturated rings. The molecule has 0 spiro atoms. The average molecular weight is 428 g/mol. The van der Waals surface area contributed by atoms with Gasteiger partial charge in [0, 0.05) is 32.2 Å². The van der Waals surface area contributed by atoms with Crippen LogP contribution in [0.2, 0.25) is 0 Å². The molecule has 30 heavy (non-hydrogen) atoms. The Morgan fingerprint density at radius 3 is 2.53 bits per heavy atom. The van der Waals surface area contributed by atoms with Crippen LogP contribution in [-0.2, 0) is 22.9 Å². The van der Waals surface area contributed by atoms with Crippen molar-refractivity contribution >= 4 is 27.3 Å². The third-order valence-corrected chi connectivity index (χ3v) is 7.68. The molecule has 3 aromatic rings. The molecule has 0 atom stereocenters. The highest BCUT2D eigenvalue weighted by atomic mass is 32.2. The van der Waals surface area contributed by atoms with Crippen molar-refractivity contribution in [2.45, 2.75) is 24.2 Å². The lowest BCUT2D eigenvalue weighted by atomic mass is 10.1. The van der Waals surface area contributed by atoms with Crippen LogP contribution in [0.15, 0.2) is 41.4 Å². The normalized spacial score (nSPS) is 17.4. The van der Waals surface area contributed by atoms with Crippen molar-refractivity contribution in [3.8, 4) is 0 Å². The van der Waals surface area contributed by atoms with E-state index in [2.05, 4.69) is 10.1 Å². The number of aryl methyl sites for hydroxylation is 2. The molecule has 2 aliphatic rings. The number of hydrogen-bond donors (Lipinski definition) is 0. The van der Waals surface area contributed by atoms with Crippen LogP contribution < -0.4 is 4.90 Å². The van der Waals surface area contributed by atoms with Crippen molar-refractivity contribution in [1.29, 1.82) is 0 Å². The van der Waals surface area contributed by atoms with Crippen LogP contribution in [0.1, 0.15) is 17.5 Å². The second-order valence-corrected chi connectivity index (χ2v) is 9.45. The maximum Gasteiger partial charge on any atom is 0.368 e. The van der Waals surface area contributed by atoms with Crippen molar-refractivity contribution in [1.82, 2.24) is 18.9 Å². The zero-order valence-corrected chi connectivity index (χ0v) is 17.0. The SMILES string of the molecule is O=[N+]([O-])c1cnc2ccc(N3CCN(S(=O)(=O)c4ccc5c(c4)CCC5)CC3)nn12. The van der Waals surface area contributed by atoms with E-state index in [1.807, 2.05) is 17.0 Å². The monoisotopic (exact) mass is 428 g/mol. The summed E-state index contributed by atoms with van der Waals surface area (Å²) >= 11 is 0. The molecule has 1 aliphatic heterocycles. The van der Waals surface area contributed by atoms with Crippen molar-refractivity contribution in [3.63, 3.8) is 0 Å². The summed E-state index contributed by atoms with van der Waals surface area (Å²) in [6.07, 6.45) is 4.19. The lowest BCUT2D eigenvalue weighted by molar-refractivity contribution is -0.391. The van der Waals surface area contributed by atoms with Crippen molar-refractivity contribution in [3.05, 3.63) is 57.8 Å². The fourth-order valence-electron chi connectivity index (χ4n) is 4.16. The van der Waals surface area contributed by atoms with Gasteiger partial charge in [-0.15, -0.1) is 0 Å². The Bertz CT molecular complexity index is 1250.